The van der Waals surface area contributed by atoms with Crippen LogP contribution >= 0.6 is 11.8 Å². The van der Waals surface area contributed by atoms with Crippen LogP contribution in [0, 0.1) is 0 Å². The number of aromatic hydroxyl groups is 1. The maximum absolute atomic E-state index is 11.4. The van der Waals surface area contributed by atoms with Crippen LogP contribution in [0.15, 0.2) is 23.2 Å². The molecular formula is C14H19NO4S. The maximum Gasteiger partial charge on any atom is 0.331 e. The molecule has 1 aliphatic heterocycles. The van der Waals surface area contributed by atoms with E-state index in [4.69, 9.17) is 4.74 Å². The summed E-state index contributed by atoms with van der Waals surface area (Å²) in [7, 11) is 2.87. The molecule has 1 heterocycles. The number of carbonyl (C=O) groups is 1. The number of hydrogen-bond donors (Lipinski definition) is 1. The van der Waals surface area contributed by atoms with Crippen molar-refractivity contribution in [2.45, 2.75) is 19.9 Å². The molecule has 6 heteroatoms. The van der Waals surface area contributed by atoms with Crippen molar-refractivity contribution in [3.63, 3.8) is 0 Å². The van der Waals surface area contributed by atoms with Gasteiger partial charge < -0.3 is 14.6 Å². The number of ether oxygens (including phenoxy) is 2. The van der Waals surface area contributed by atoms with E-state index >= 15 is 0 Å². The standard InChI is InChI=1S/C12H13NO4S.C2H6/c1-16-7-3-4-8(10(14)5-7)11-13-9(6-18-11)12(15)17-2;1-2/h3-5,9,14H,6H2,1-2H3;1-2H3. The predicted molar refractivity (Wildman–Crippen MR) is 80.8 cm³/mol. The summed E-state index contributed by atoms with van der Waals surface area (Å²) in [6, 6.07) is 4.49. The van der Waals surface area contributed by atoms with Gasteiger partial charge in [-0.3, -0.25) is 4.99 Å². The fourth-order valence-electron chi connectivity index (χ4n) is 1.60. The molecule has 0 saturated carbocycles. The average Bonchev–Trinajstić information content (AvgIpc) is 2.97. The van der Waals surface area contributed by atoms with Crippen molar-refractivity contribution in [1.29, 1.82) is 0 Å². The number of aliphatic imine (C=N–C) groups is 1. The van der Waals surface area contributed by atoms with Gasteiger partial charge in [-0.2, -0.15) is 0 Å². The van der Waals surface area contributed by atoms with Crippen LogP contribution in [0.25, 0.3) is 0 Å². The van der Waals surface area contributed by atoms with Crippen molar-refractivity contribution in [3.05, 3.63) is 23.8 Å². The van der Waals surface area contributed by atoms with E-state index in [-0.39, 0.29) is 11.7 Å². The molecule has 1 atom stereocenters. The second-order valence-corrected chi connectivity index (χ2v) is 4.68. The highest BCUT2D eigenvalue weighted by molar-refractivity contribution is 8.14. The number of rotatable bonds is 3. The van der Waals surface area contributed by atoms with Crippen LogP contribution in [-0.4, -0.2) is 42.1 Å². The Bertz CT molecular complexity index is 502. The molecule has 1 aliphatic rings. The highest BCUT2D eigenvalue weighted by Crippen LogP contribution is 2.31. The quantitative estimate of drug-likeness (QED) is 0.868. The monoisotopic (exact) mass is 297 g/mol. The number of benzene rings is 1. The summed E-state index contributed by atoms with van der Waals surface area (Å²) < 4.78 is 9.65. The summed E-state index contributed by atoms with van der Waals surface area (Å²) in [5.41, 5.74) is 0.604. The Balaban J connectivity index is 0.000000956. The lowest BCUT2D eigenvalue weighted by atomic mass is 10.2. The smallest absolute Gasteiger partial charge is 0.331 e. The number of methoxy groups -OCH3 is 2. The van der Waals surface area contributed by atoms with Crippen molar-refractivity contribution < 1.29 is 19.4 Å². The molecule has 1 unspecified atom stereocenters. The van der Waals surface area contributed by atoms with Gasteiger partial charge in [0, 0.05) is 17.4 Å². The van der Waals surface area contributed by atoms with Gasteiger partial charge in [-0.1, -0.05) is 13.8 Å². The van der Waals surface area contributed by atoms with Crippen molar-refractivity contribution in [1.82, 2.24) is 0 Å². The maximum atomic E-state index is 11.4. The second-order valence-electron chi connectivity index (χ2n) is 3.67. The number of phenols is 1. The number of carbonyl (C=O) groups excluding carboxylic acids is 1. The fraction of sp³-hybridized carbons (Fsp3) is 0.429. The molecule has 0 aromatic heterocycles. The first kappa shape index (κ1) is 16.4. The van der Waals surface area contributed by atoms with E-state index in [9.17, 15) is 9.90 Å². The van der Waals surface area contributed by atoms with Crippen LogP contribution in [0.2, 0.25) is 0 Å². The van der Waals surface area contributed by atoms with E-state index in [1.807, 2.05) is 13.8 Å². The Morgan fingerprint density at radius 2 is 2.10 bits per heavy atom. The highest BCUT2D eigenvalue weighted by Gasteiger charge is 2.27. The average molecular weight is 297 g/mol. The number of nitrogens with zero attached hydrogens (tertiary/aromatic N) is 1. The molecule has 1 N–H and O–H groups in total. The van der Waals surface area contributed by atoms with Gasteiger partial charge in [-0.05, 0) is 12.1 Å². The zero-order valence-electron chi connectivity index (χ0n) is 12.0. The molecule has 0 bridgehead atoms. The summed E-state index contributed by atoms with van der Waals surface area (Å²) in [6.45, 7) is 4.00. The van der Waals surface area contributed by atoms with Gasteiger partial charge in [-0.15, -0.1) is 11.8 Å². The largest absolute Gasteiger partial charge is 0.507 e. The molecule has 0 radical (unpaired) electrons. The van der Waals surface area contributed by atoms with Gasteiger partial charge in [0.25, 0.3) is 0 Å². The van der Waals surface area contributed by atoms with Crippen LogP contribution in [0.1, 0.15) is 19.4 Å². The Hall–Kier alpha value is -1.69. The molecule has 0 spiro atoms. The molecule has 0 amide bonds. The molecule has 0 fully saturated rings. The third kappa shape index (κ3) is 3.66. The van der Waals surface area contributed by atoms with Crippen LogP contribution < -0.4 is 4.74 Å². The lowest BCUT2D eigenvalue weighted by molar-refractivity contribution is -0.141. The molecule has 20 heavy (non-hydrogen) atoms. The molecule has 1 aromatic carbocycles. The van der Waals surface area contributed by atoms with Crippen molar-refractivity contribution in [2.75, 3.05) is 20.0 Å². The first-order valence-electron chi connectivity index (χ1n) is 6.31. The van der Waals surface area contributed by atoms with E-state index in [0.717, 1.165) is 0 Å². The van der Waals surface area contributed by atoms with Gasteiger partial charge in [0.1, 0.15) is 16.5 Å². The molecule has 0 saturated heterocycles. The van der Waals surface area contributed by atoms with Gasteiger partial charge >= 0.3 is 5.97 Å². The lowest BCUT2D eigenvalue weighted by Crippen LogP contribution is -2.19. The first-order valence-corrected chi connectivity index (χ1v) is 7.30. The molecule has 0 aliphatic carbocycles. The van der Waals surface area contributed by atoms with Gasteiger partial charge in [0.15, 0.2) is 6.04 Å². The summed E-state index contributed by atoms with van der Waals surface area (Å²) >= 11 is 1.42. The zero-order chi connectivity index (χ0) is 15.1. The molecular weight excluding hydrogens is 278 g/mol. The Labute approximate surface area is 123 Å². The van der Waals surface area contributed by atoms with E-state index < -0.39 is 6.04 Å². The number of thioether (sulfide) groups is 1. The van der Waals surface area contributed by atoms with Crippen molar-refractivity contribution in [3.8, 4) is 11.5 Å². The minimum absolute atomic E-state index is 0.0890. The van der Waals surface area contributed by atoms with Crippen molar-refractivity contribution >= 4 is 22.8 Å². The predicted octanol–water partition coefficient (Wildman–Crippen LogP) is 2.46. The van der Waals surface area contributed by atoms with E-state index in [1.165, 1.54) is 32.0 Å². The minimum atomic E-state index is -0.489. The minimum Gasteiger partial charge on any atom is -0.507 e. The van der Waals surface area contributed by atoms with Gasteiger partial charge in [0.2, 0.25) is 0 Å². The topological polar surface area (TPSA) is 68.1 Å². The van der Waals surface area contributed by atoms with Crippen LogP contribution in [0.4, 0.5) is 0 Å². The van der Waals surface area contributed by atoms with Crippen LogP contribution in [0.5, 0.6) is 11.5 Å². The Morgan fingerprint density at radius 1 is 1.40 bits per heavy atom. The fourth-order valence-corrected chi connectivity index (χ4v) is 2.65. The van der Waals surface area contributed by atoms with E-state index in [1.54, 1.807) is 12.1 Å². The molecule has 110 valence electrons. The SMILES string of the molecule is CC.COC(=O)C1CSC(c2ccc(OC)cc2O)=N1. The normalized spacial score (nSPS) is 16.8. The summed E-state index contributed by atoms with van der Waals surface area (Å²) in [4.78, 5) is 15.6. The number of phenolic OH excluding ortho intramolecular Hbond substituents is 1. The Morgan fingerprint density at radius 3 is 2.65 bits per heavy atom. The summed E-state index contributed by atoms with van der Waals surface area (Å²) in [5, 5.41) is 10.5. The molecule has 1 aromatic rings. The molecule has 2 rings (SSSR count). The Kier molecular flexibility index (Phi) is 6.38. The zero-order valence-corrected chi connectivity index (χ0v) is 12.9. The van der Waals surface area contributed by atoms with Gasteiger partial charge in [-0.25, -0.2) is 4.79 Å². The van der Waals surface area contributed by atoms with Crippen LogP contribution in [0.3, 0.4) is 0 Å². The molecule has 5 nitrogen and oxygen atoms in total. The third-order valence-electron chi connectivity index (χ3n) is 2.56. The van der Waals surface area contributed by atoms with Crippen molar-refractivity contribution in [2.24, 2.45) is 4.99 Å². The summed E-state index contributed by atoms with van der Waals surface area (Å²) in [5.74, 6) is 0.842. The van der Waals surface area contributed by atoms with Gasteiger partial charge in [0.05, 0.1) is 14.2 Å². The van der Waals surface area contributed by atoms with E-state index in [2.05, 4.69) is 9.73 Å². The van der Waals surface area contributed by atoms with Crippen LogP contribution in [-0.2, 0) is 9.53 Å². The second kappa shape index (κ2) is 7.79. The number of esters is 1. The number of hydrogen-bond acceptors (Lipinski definition) is 6. The van der Waals surface area contributed by atoms with E-state index in [0.29, 0.717) is 22.1 Å². The highest BCUT2D eigenvalue weighted by atomic mass is 32.2. The third-order valence-corrected chi connectivity index (χ3v) is 3.64. The summed E-state index contributed by atoms with van der Waals surface area (Å²) in [6.07, 6.45) is 0. The lowest BCUT2D eigenvalue weighted by Gasteiger charge is -2.05. The first-order chi connectivity index (χ1) is 9.65.